The van der Waals surface area contributed by atoms with Crippen molar-refractivity contribution >= 4 is 17.3 Å². The molecule has 18 heavy (non-hydrogen) atoms. The predicted octanol–water partition coefficient (Wildman–Crippen LogP) is 3.74. The molecular weight excluding hydrogens is 250 g/mol. The molecule has 0 saturated carbocycles. The number of nitrogens with one attached hydrogen (secondary N) is 1. The zero-order valence-corrected chi connectivity index (χ0v) is 11.9. The van der Waals surface area contributed by atoms with E-state index in [0.717, 1.165) is 30.2 Å². The number of hydrogen-bond acceptors (Lipinski definition) is 3. The summed E-state index contributed by atoms with van der Waals surface area (Å²) in [5.41, 5.74) is 2.18. The van der Waals surface area contributed by atoms with Crippen molar-refractivity contribution < 1.29 is 9.47 Å². The van der Waals surface area contributed by atoms with Gasteiger partial charge in [-0.3, -0.25) is 0 Å². The third-order valence-electron chi connectivity index (χ3n) is 3.48. The molecule has 1 aliphatic rings. The molecule has 0 aromatic heterocycles. The minimum absolute atomic E-state index is 0.592. The van der Waals surface area contributed by atoms with Crippen LogP contribution in [0.4, 0.5) is 5.69 Å². The molecule has 0 bridgehead atoms. The molecule has 0 aliphatic carbocycles. The number of anilines is 1. The van der Waals surface area contributed by atoms with E-state index < -0.39 is 0 Å². The molecule has 1 aromatic rings. The average Bonchev–Trinajstić information content (AvgIpc) is 2.38. The lowest BCUT2D eigenvalue weighted by molar-refractivity contribution is 0.389. The van der Waals surface area contributed by atoms with Crippen molar-refractivity contribution in [3.63, 3.8) is 0 Å². The summed E-state index contributed by atoms with van der Waals surface area (Å²) >= 11 is 6.20. The highest BCUT2D eigenvalue weighted by Crippen LogP contribution is 2.44. The first-order valence-electron chi connectivity index (χ1n) is 6.38. The van der Waals surface area contributed by atoms with Gasteiger partial charge in [0, 0.05) is 18.2 Å². The SMILES string of the molecule is CCCC1CNc2c(c(OC)cc(Cl)c2OC)C1. The van der Waals surface area contributed by atoms with Gasteiger partial charge in [-0.05, 0) is 18.8 Å². The molecule has 0 saturated heterocycles. The molecule has 1 aliphatic heterocycles. The fourth-order valence-electron chi connectivity index (χ4n) is 2.64. The molecule has 1 heterocycles. The number of rotatable bonds is 4. The number of benzene rings is 1. The van der Waals surface area contributed by atoms with Gasteiger partial charge < -0.3 is 14.8 Å². The Kier molecular flexibility index (Phi) is 4.23. The van der Waals surface area contributed by atoms with E-state index in [0.29, 0.717) is 10.9 Å². The van der Waals surface area contributed by atoms with Gasteiger partial charge in [0.25, 0.3) is 0 Å². The summed E-state index contributed by atoms with van der Waals surface area (Å²) in [5, 5.41) is 4.04. The Bertz CT molecular complexity index is 434. The van der Waals surface area contributed by atoms with Crippen LogP contribution in [0.25, 0.3) is 0 Å². The first-order valence-corrected chi connectivity index (χ1v) is 6.76. The van der Waals surface area contributed by atoms with Gasteiger partial charge in [0.2, 0.25) is 0 Å². The molecular formula is C14H20ClNO2. The van der Waals surface area contributed by atoms with E-state index >= 15 is 0 Å². The highest BCUT2D eigenvalue weighted by Gasteiger charge is 2.25. The quantitative estimate of drug-likeness (QED) is 0.903. The monoisotopic (exact) mass is 269 g/mol. The number of ether oxygens (including phenoxy) is 2. The van der Waals surface area contributed by atoms with Crippen LogP contribution in [-0.2, 0) is 6.42 Å². The lowest BCUT2D eigenvalue weighted by atomic mass is 9.90. The topological polar surface area (TPSA) is 30.5 Å². The average molecular weight is 270 g/mol. The molecule has 1 unspecified atom stereocenters. The van der Waals surface area contributed by atoms with Crippen LogP contribution in [0.5, 0.6) is 11.5 Å². The summed E-state index contributed by atoms with van der Waals surface area (Å²) in [6.07, 6.45) is 3.45. The summed E-state index contributed by atoms with van der Waals surface area (Å²) in [7, 11) is 3.33. The fourth-order valence-corrected chi connectivity index (χ4v) is 2.91. The van der Waals surface area contributed by atoms with E-state index in [9.17, 15) is 0 Å². The van der Waals surface area contributed by atoms with Crippen LogP contribution in [0, 0.1) is 5.92 Å². The van der Waals surface area contributed by atoms with E-state index in [2.05, 4.69) is 12.2 Å². The van der Waals surface area contributed by atoms with Crippen LogP contribution in [0.2, 0.25) is 5.02 Å². The fraction of sp³-hybridized carbons (Fsp3) is 0.571. The maximum absolute atomic E-state index is 6.20. The summed E-state index contributed by atoms with van der Waals surface area (Å²) in [5.74, 6) is 2.23. The van der Waals surface area contributed by atoms with Gasteiger partial charge in [0.05, 0.1) is 24.9 Å². The lowest BCUT2D eigenvalue weighted by Gasteiger charge is -2.29. The highest BCUT2D eigenvalue weighted by molar-refractivity contribution is 6.32. The Hall–Kier alpha value is -1.09. The molecule has 0 spiro atoms. The third kappa shape index (κ3) is 2.37. The number of fused-ring (bicyclic) bond motifs is 1. The maximum atomic E-state index is 6.20. The second-order valence-electron chi connectivity index (χ2n) is 4.69. The van der Waals surface area contributed by atoms with Crippen molar-refractivity contribution in [3.05, 3.63) is 16.7 Å². The molecule has 0 amide bonds. The summed E-state index contributed by atoms with van der Waals surface area (Å²) < 4.78 is 10.8. The Morgan fingerprint density at radius 1 is 1.39 bits per heavy atom. The first kappa shape index (κ1) is 13.3. The van der Waals surface area contributed by atoms with Gasteiger partial charge >= 0.3 is 0 Å². The van der Waals surface area contributed by atoms with Crippen molar-refractivity contribution in [2.24, 2.45) is 5.92 Å². The van der Waals surface area contributed by atoms with E-state index in [1.807, 2.05) is 6.07 Å². The molecule has 100 valence electrons. The number of hydrogen-bond donors (Lipinski definition) is 1. The molecule has 2 rings (SSSR count). The van der Waals surface area contributed by atoms with E-state index in [1.54, 1.807) is 14.2 Å². The first-order chi connectivity index (χ1) is 8.71. The second kappa shape index (κ2) is 5.70. The Labute approximate surface area is 113 Å². The molecule has 3 nitrogen and oxygen atoms in total. The summed E-state index contributed by atoms with van der Waals surface area (Å²) in [6, 6.07) is 1.84. The van der Waals surface area contributed by atoms with Gasteiger partial charge in [-0.15, -0.1) is 0 Å². The van der Waals surface area contributed by atoms with Crippen molar-refractivity contribution in [1.29, 1.82) is 0 Å². The van der Waals surface area contributed by atoms with E-state index in [4.69, 9.17) is 21.1 Å². The highest BCUT2D eigenvalue weighted by atomic mass is 35.5. The van der Waals surface area contributed by atoms with Crippen molar-refractivity contribution in [2.75, 3.05) is 26.1 Å². The standard InChI is InChI=1S/C14H20ClNO2/c1-4-5-9-6-10-12(17-2)7-11(15)14(18-3)13(10)16-8-9/h7,9,16H,4-6,8H2,1-3H3. The molecule has 0 radical (unpaired) electrons. The molecule has 1 aromatic carbocycles. The van der Waals surface area contributed by atoms with Gasteiger partial charge in [-0.1, -0.05) is 24.9 Å². The van der Waals surface area contributed by atoms with Crippen LogP contribution in [0.1, 0.15) is 25.3 Å². The van der Waals surface area contributed by atoms with Gasteiger partial charge in [0.15, 0.2) is 5.75 Å². The Morgan fingerprint density at radius 3 is 2.78 bits per heavy atom. The summed E-state index contributed by atoms with van der Waals surface area (Å²) in [4.78, 5) is 0. The molecule has 4 heteroatoms. The Morgan fingerprint density at radius 2 is 2.17 bits per heavy atom. The van der Waals surface area contributed by atoms with Crippen LogP contribution in [0.3, 0.4) is 0 Å². The summed E-state index contributed by atoms with van der Waals surface area (Å²) in [6.45, 7) is 3.19. The van der Waals surface area contributed by atoms with Gasteiger partial charge in [-0.25, -0.2) is 0 Å². The van der Waals surface area contributed by atoms with Gasteiger partial charge in [0.1, 0.15) is 5.75 Å². The van der Waals surface area contributed by atoms with Gasteiger partial charge in [-0.2, -0.15) is 0 Å². The van der Waals surface area contributed by atoms with E-state index in [-0.39, 0.29) is 0 Å². The number of halogens is 1. The lowest BCUT2D eigenvalue weighted by Crippen LogP contribution is -2.24. The minimum Gasteiger partial charge on any atom is -0.496 e. The third-order valence-corrected chi connectivity index (χ3v) is 3.76. The zero-order valence-electron chi connectivity index (χ0n) is 11.2. The number of methoxy groups -OCH3 is 2. The Balaban J connectivity index is 2.41. The van der Waals surface area contributed by atoms with Crippen LogP contribution in [-0.4, -0.2) is 20.8 Å². The van der Waals surface area contributed by atoms with Crippen molar-refractivity contribution in [1.82, 2.24) is 0 Å². The van der Waals surface area contributed by atoms with Crippen LogP contribution < -0.4 is 14.8 Å². The van der Waals surface area contributed by atoms with Crippen LogP contribution in [0.15, 0.2) is 6.07 Å². The van der Waals surface area contributed by atoms with Crippen molar-refractivity contribution in [3.8, 4) is 11.5 Å². The maximum Gasteiger partial charge on any atom is 0.161 e. The molecule has 1 N–H and O–H groups in total. The zero-order chi connectivity index (χ0) is 13.1. The smallest absolute Gasteiger partial charge is 0.161 e. The van der Waals surface area contributed by atoms with Crippen LogP contribution >= 0.6 is 11.6 Å². The molecule has 0 fully saturated rings. The van der Waals surface area contributed by atoms with E-state index in [1.165, 1.54) is 18.4 Å². The normalized spacial score (nSPS) is 17.9. The molecule has 1 atom stereocenters. The largest absolute Gasteiger partial charge is 0.496 e. The van der Waals surface area contributed by atoms with Crippen molar-refractivity contribution in [2.45, 2.75) is 26.2 Å². The predicted molar refractivity (Wildman–Crippen MR) is 75.1 cm³/mol. The second-order valence-corrected chi connectivity index (χ2v) is 5.09. The minimum atomic E-state index is 0.592.